The molecule has 2 heterocycles. The number of sulfonamides is 1. The van der Waals surface area contributed by atoms with Gasteiger partial charge in [0.05, 0.1) is 16.7 Å². The summed E-state index contributed by atoms with van der Waals surface area (Å²) in [7, 11) is -4.19. The van der Waals surface area contributed by atoms with Crippen molar-refractivity contribution < 1.29 is 32.0 Å². The number of nitrogens with one attached hydrogen (secondary N) is 2. The van der Waals surface area contributed by atoms with E-state index in [1.165, 1.54) is 28.9 Å². The van der Waals surface area contributed by atoms with Crippen molar-refractivity contribution in [2.45, 2.75) is 49.6 Å². The molecule has 1 aliphatic heterocycles. The minimum absolute atomic E-state index is 0.0188. The van der Waals surface area contributed by atoms with Gasteiger partial charge in [0.1, 0.15) is 16.5 Å². The minimum Gasteiger partial charge on any atom is -0.437 e. The molecule has 1 unspecified atom stereocenters. The van der Waals surface area contributed by atoms with Gasteiger partial charge in [-0.1, -0.05) is 6.07 Å². The second-order valence-corrected chi connectivity index (χ2v) is 11.1. The molecule has 0 spiro atoms. The number of carbonyl (C=O) groups is 1. The summed E-state index contributed by atoms with van der Waals surface area (Å²) in [4.78, 5) is 23.3. The van der Waals surface area contributed by atoms with E-state index in [2.05, 4.69) is 15.1 Å². The number of nitrogens with zero attached hydrogens (tertiary/aromatic N) is 3. The Balaban J connectivity index is 1.56. The Kier molecular flexibility index (Phi) is 7.34. The molecule has 1 aliphatic carbocycles. The first kappa shape index (κ1) is 26.7. The number of ether oxygens (including phenoxy) is 2. The van der Waals surface area contributed by atoms with Crippen LogP contribution in [0.5, 0.6) is 11.6 Å². The summed E-state index contributed by atoms with van der Waals surface area (Å²) >= 11 is 0. The fourth-order valence-corrected chi connectivity index (χ4v) is 5.64. The van der Waals surface area contributed by atoms with Crippen molar-refractivity contribution in [1.29, 1.82) is 0 Å². The summed E-state index contributed by atoms with van der Waals surface area (Å²) in [6.45, 7) is 2.46. The van der Waals surface area contributed by atoms with Crippen molar-refractivity contribution in [2.24, 2.45) is 0 Å². The van der Waals surface area contributed by atoms with E-state index in [-0.39, 0.29) is 47.3 Å². The summed E-state index contributed by atoms with van der Waals surface area (Å²) < 4.78 is 55.6. The van der Waals surface area contributed by atoms with Crippen LogP contribution in [0.15, 0.2) is 47.4 Å². The zero-order valence-corrected chi connectivity index (χ0v) is 21.7. The topological polar surface area (TPSA) is 155 Å². The normalized spacial score (nSPS) is 17.2. The molecule has 0 bridgehead atoms. The molecule has 2 N–H and O–H groups in total. The summed E-state index contributed by atoms with van der Waals surface area (Å²) in [5, 5.41) is 18.5. The van der Waals surface area contributed by atoms with Crippen LogP contribution < -0.4 is 14.8 Å². The monoisotopic (exact) mass is 559 g/mol. The van der Waals surface area contributed by atoms with E-state index in [0.29, 0.717) is 19.4 Å². The van der Waals surface area contributed by atoms with Crippen LogP contribution in [0, 0.1) is 22.9 Å². The summed E-state index contributed by atoms with van der Waals surface area (Å²) in [5.74, 6) is -1.36. The third kappa shape index (κ3) is 5.92. The number of benzene rings is 2. The maximum Gasteiger partial charge on any atom is 0.272 e. The van der Waals surface area contributed by atoms with E-state index in [1.807, 2.05) is 0 Å². The lowest BCUT2D eigenvalue weighted by atomic mass is 10.2. The van der Waals surface area contributed by atoms with Gasteiger partial charge in [0.15, 0.2) is 5.69 Å². The Morgan fingerprint density at radius 2 is 2.05 bits per heavy atom. The van der Waals surface area contributed by atoms with Crippen LogP contribution in [0.1, 0.15) is 41.7 Å². The van der Waals surface area contributed by atoms with E-state index >= 15 is 0 Å². The first-order valence-corrected chi connectivity index (χ1v) is 13.8. The van der Waals surface area contributed by atoms with Gasteiger partial charge in [-0.15, -0.1) is 0 Å². The van der Waals surface area contributed by atoms with Crippen molar-refractivity contribution in [3.05, 3.63) is 69.7 Å². The number of nitro benzene ring substituents is 1. The van der Waals surface area contributed by atoms with E-state index in [4.69, 9.17) is 9.47 Å². The highest BCUT2D eigenvalue weighted by Gasteiger charge is 2.32. The third-order valence-electron chi connectivity index (χ3n) is 6.38. The van der Waals surface area contributed by atoms with Gasteiger partial charge in [0.2, 0.25) is 15.9 Å². The van der Waals surface area contributed by atoms with Gasteiger partial charge in [-0.05, 0) is 56.9 Å². The zero-order valence-electron chi connectivity index (χ0n) is 20.9. The largest absolute Gasteiger partial charge is 0.437 e. The number of carbonyl (C=O) groups excluding carboxylic acids is 1. The fourth-order valence-electron chi connectivity index (χ4n) is 4.19. The molecule has 3 aromatic rings. The Bertz CT molecular complexity index is 1530. The number of non-ortho nitro benzene ring substituents is 1. The molecule has 2 aromatic carbocycles. The molecule has 1 saturated carbocycles. The van der Waals surface area contributed by atoms with Crippen molar-refractivity contribution in [3.8, 4) is 17.3 Å². The molecule has 1 aromatic heterocycles. The highest BCUT2D eigenvalue weighted by atomic mass is 32.2. The lowest BCUT2D eigenvalue weighted by Gasteiger charge is -2.14. The second kappa shape index (κ2) is 10.7. The Morgan fingerprint density at radius 1 is 1.26 bits per heavy atom. The van der Waals surface area contributed by atoms with E-state index < -0.39 is 37.3 Å². The number of hydrogen-bond acceptors (Lipinski definition) is 8. The molecule has 1 atom stereocenters. The average Bonchev–Trinajstić information content (AvgIpc) is 3.42. The quantitative estimate of drug-likeness (QED) is 0.283. The van der Waals surface area contributed by atoms with Gasteiger partial charge < -0.3 is 14.8 Å². The molecule has 1 saturated heterocycles. The van der Waals surface area contributed by atoms with Crippen molar-refractivity contribution in [2.75, 3.05) is 13.2 Å². The van der Waals surface area contributed by atoms with Crippen LogP contribution in [0.3, 0.4) is 0 Å². The smallest absolute Gasteiger partial charge is 0.272 e. The zero-order chi connectivity index (χ0) is 27.7. The Hall–Kier alpha value is -3.88. The predicted octanol–water partition coefficient (Wildman–Crippen LogP) is 3.37. The molecule has 12 nitrogen and oxygen atoms in total. The highest BCUT2D eigenvalue weighted by Crippen LogP contribution is 2.36. The maximum absolute atomic E-state index is 14.1. The van der Waals surface area contributed by atoms with Gasteiger partial charge in [-0.3, -0.25) is 14.9 Å². The lowest BCUT2D eigenvalue weighted by Crippen LogP contribution is -2.32. The molecular weight excluding hydrogens is 533 g/mol. The van der Waals surface area contributed by atoms with Gasteiger partial charge in [0.25, 0.3) is 11.6 Å². The van der Waals surface area contributed by atoms with Crippen LogP contribution in [-0.2, 0) is 14.8 Å². The summed E-state index contributed by atoms with van der Waals surface area (Å²) in [6.07, 6.45) is 2.92. The van der Waals surface area contributed by atoms with E-state index in [9.17, 15) is 27.7 Å². The molecule has 1 amide bonds. The Labute approximate surface area is 223 Å². The first-order valence-electron chi connectivity index (χ1n) is 12.4. The maximum atomic E-state index is 14.1. The first-order chi connectivity index (χ1) is 18.6. The SMILES string of the molecule is Cc1c(C(=O)NCC2CCCO2)nn(-c2cccc(F)c2)c1Oc1ccc([N+](=O)[O-])cc1S(=O)(=O)NC1CC1. The molecule has 14 heteroatoms. The average molecular weight is 560 g/mol. The molecule has 2 fully saturated rings. The van der Waals surface area contributed by atoms with E-state index in [0.717, 1.165) is 25.0 Å². The van der Waals surface area contributed by atoms with Crippen LogP contribution in [0.4, 0.5) is 10.1 Å². The van der Waals surface area contributed by atoms with Crippen molar-refractivity contribution in [3.63, 3.8) is 0 Å². The Morgan fingerprint density at radius 3 is 2.72 bits per heavy atom. The minimum atomic E-state index is -4.19. The van der Waals surface area contributed by atoms with Crippen molar-refractivity contribution in [1.82, 2.24) is 19.8 Å². The standard InChI is InChI=1S/C25H26FN5O7S/c1-15-23(24(32)27-14-20-6-3-11-37-20)28-30(18-5-2-4-16(26)12-18)25(15)38-21-10-9-19(31(33)34)13-22(21)39(35,36)29-17-7-8-17/h2,4-5,9-10,12-13,17,20,29H,3,6-8,11,14H2,1H3,(H,27,32). The predicted molar refractivity (Wildman–Crippen MR) is 136 cm³/mol. The van der Waals surface area contributed by atoms with Gasteiger partial charge in [-0.2, -0.15) is 9.78 Å². The van der Waals surface area contributed by atoms with Gasteiger partial charge in [-0.25, -0.2) is 17.5 Å². The molecule has 39 heavy (non-hydrogen) atoms. The number of nitro groups is 1. The van der Waals surface area contributed by atoms with Crippen LogP contribution >= 0.6 is 0 Å². The number of amides is 1. The number of rotatable bonds is 10. The lowest BCUT2D eigenvalue weighted by molar-refractivity contribution is -0.385. The van der Waals surface area contributed by atoms with Gasteiger partial charge >= 0.3 is 0 Å². The highest BCUT2D eigenvalue weighted by molar-refractivity contribution is 7.89. The summed E-state index contributed by atoms with van der Waals surface area (Å²) in [5.41, 5.74) is 0.00687. The fraction of sp³-hybridized carbons (Fsp3) is 0.360. The van der Waals surface area contributed by atoms with Crippen LogP contribution in [0.25, 0.3) is 5.69 Å². The molecule has 5 rings (SSSR count). The number of hydrogen-bond donors (Lipinski definition) is 2. The second-order valence-electron chi connectivity index (χ2n) is 9.40. The molecular formula is C25H26FN5O7S. The van der Waals surface area contributed by atoms with Crippen LogP contribution in [0.2, 0.25) is 0 Å². The van der Waals surface area contributed by atoms with E-state index in [1.54, 1.807) is 13.0 Å². The number of aromatic nitrogens is 2. The summed E-state index contributed by atoms with van der Waals surface area (Å²) in [6, 6.07) is 8.32. The van der Waals surface area contributed by atoms with Crippen molar-refractivity contribution >= 4 is 21.6 Å². The number of halogens is 1. The van der Waals surface area contributed by atoms with Gasteiger partial charge in [0, 0.05) is 36.9 Å². The molecule has 206 valence electrons. The molecule has 2 aliphatic rings. The van der Waals surface area contributed by atoms with Crippen LogP contribution in [-0.4, -0.2) is 54.3 Å². The third-order valence-corrected chi connectivity index (χ3v) is 7.93. The molecule has 0 radical (unpaired) electrons.